The molecule has 6 aromatic carbocycles. The minimum atomic E-state index is -0.0869. The smallest absolute Gasteiger partial charge is 0.141 e. The van der Waals surface area contributed by atoms with Crippen LogP contribution in [0.2, 0.25) is 20.1 Å². The predicted octanol–water partition coefficient (Wildman–Crippen LogP) is 29.4. The number of benzene rings is 6. The lowest BCUT2D eigenvalue weighted by Crippen LogP contribution is -1.88. The average Bonchev–Trinajstić information content (AvgIpc) is 4.36. The molecule has 12 heteroatoms. The monoisotopic (exact) mass is 1280 g/mol. The number of halogens is 6. The van der Waals surface area contributed by atoms with Gasteiger partial charge in [0.25, 0.3) is 0 Å². The van der Waals surface area contributed by atoms with Gasteiger partial charge in [-0.15, -0.1) is 68.0 Å². The van der Waals surface area contributed by atoms with Crippen LogP contribution in [0.1, 0.15) is 143 Å². The van der Waals surface area contributed by atoms with Gasteiger partial charge >= 0.3 is 0 Å². The van der Waals surface area contributed by atoms with E-state index < -0.39 is 0 Å². The Morgan fingerprint density at radius 1 is 0.395 bits per heavy atom. The van der Waals surface area contributed by atoms with Crippen LogP contribution in [0.4, 0.5) is 8.78 Å². The van der Waals surface area contributed by atoms with Gasteiger partial charge in [0.2, 0.25) is 0 Å². The van der Waals surface area contributed by atoms with E-state index in [1.165, 1.54) is 74.1 Å². The quantitative estimate of drug-likeness (QED) is 0.162. The summed E-state index contributed by atoms with van der Waals surface area (Å²) in [5.41, 5.74) is 6.92. The Morgan fingerprint density at radius 2 is 0.877 bits per heavy atom. The average molecular weight is 1290 g/mol. The molecule has 0 aliphatic carbocycles. The van der Waals surface area contributed by atoms with E-state index in [4.69, 9.17) is 46.4 Å². The van der Waals surface area contributed by atoms with Crippen molar-refractivity contribution in [1.82, 2.24) is 0 Å². The summed E-state index contributed by atoms with van der Waals surface area (Å²) in [4.78, 5) is 0. The fourth-order valence-electron chi connectivity index (χ4n) is 7.30. The Hall–Kier alpha value is -3.90. The Labute approximate surface area is 529 Å². The predicted molar refractivity (Wildman–Crippen MR) is 381 cm³/mol. The van der Waals surface area contributed by atoms with Crippen molar-refractivity contribution in [3.05, 3.63) is 207 Å². The molecule has 0 fully saturated rings. The lowest BCUT2D eigenvalue weighted by molar-refractivity contribution is 0.637. The maximum Gasteiger partial charge on any atom is 0.141 e. The molecule has 12 aromatic rings. The van der Waals surface area contributed by atoms with Gasteiger partial charge in [0.15, 0.2) is 0 Å². The number of fused-ring (bicyclic) bond motifs is 6. The van der Waals surface area contributed by atoms with Crippen molar-refractivity contribution in [1.29, 1.82) is 0 Å². The van der Waals surface area contributed by atoms with Crippen molar-refractivity contribution in [2.75, 3.05) is 0 Å². The summed E-state index contributed by atoms with van der Waals surface area (Å²) in [5, 5.41) is 22.7. The van der Waals surface area contributed by atoms with Crippen LogP contribution in [-0.4, -0.2) is 0 Å². The SMILES string of the molecule is CC.CC.CC.CC.CC.CC.CC(C)c1cc(F)c2sccc2c1.CCc1cc(F)c2sccc2c1.Cc1cc(Cl)c2sccc2c1.Cc1cc(Cl)cc2sccc12.Cc1cc2ccsc2cc1Cl.Cc1ccc2sccc2c1Cl. The third kappa shape index (κ3) is 22.9. The molecule has 6 aromatic heterocycles. The van der Waals surface area contributed by atoms with Gasteiger partial charge in [-0.1, -0.05) is 168 Å². The van der Waals surface area contributed by atoms with E-state index >= 15 is 0 Å². The molecular formula is C69H84Cl4F2S6. The molecule has 12 rings (SSSR count). The fourth-order valence-corrected chi connectivity index (χ4v) is 13.4. The van der Waals surface area contributed by atoms with Crippen molar-refractivity contribution >= 4 is 175 Å². The van der Waals surface area contributed by atoms with Gasteiger partial charge in [-0.25, -0.2) is 8.78 Å². The zero-order valence-corrected chi connectivity index (χ0v) is 58.8. The molecule has 0 amide bonds. The minimum absolute atomic E-state index is 0.0839. The highest BCUT2D eigenvalue weighted by atomic mass is 35.5. The van der Waals surface area contributed by atoms with Gasteiger partial charge in [0.1, 0.15) is 11.6 Å². The zero-order chi connectivity index (χ0) is 61.4. The first-order valence-corrected chi connectivity index (χ1v) is 34.7. The van der Waals surface area contributed by atoms with Crippen molar-refractivity contribution < 1.29 is 8.78 Å². The van der Waals surface area contributed by atoms with Gasteiger partial charge < -0.3 is 0 Å². The van der Waals surface area contributed by atoms with Crippen molar-refractivity contribution in [2.45, 2.75) is 144 Å². The van der Waals surface area contributed by atoms with Crippen LogP contribution in [0.5, 0.6) is 0 Å². The lowest BCUT2D eigenvalue weighted by Gasteiger charge is -2.05. The van der Waals surface area contributed by atoms with Crippen LogP contribution in [0, 0.1) is 39.3 Å². The van der Waals surface area contributed by atoms with Crippen LogP contribution in [-0.2, 0) is 6.42 Å². The van der Waals surface area contributed by atoms with Crippen molar-refractivity contribution in [3.8, 4) is 0 Å². The first-order valence-electron chi connectivity index (χ1n) is 27.9. The number of hydrogen-bond acceptors (Lipinski definition) is 6. The van der Waals surface area contributed by atoms with E-state index in [1.54, 1.807) is 57.5 Å². The molecular weight excluding hydrogens is 1200 g/mol. The lowest BCUT2D eigenvalue weighted by atomic mass is 10.0. The Balaban J connectivity index is 0.000000468. The second-order valence-corrected chi connectivity index (χ2v) is 23.7. The molecule has 0 aliphatic rings. The summed E-state index contributed by atoms with van der Waals surface area (Å²) >= 11 is 33.7. The third-order valence-electron chi connectivity index (χ3n) is 11.1. The van der Waals surface area contributed by atoms with E-state index in [0.717, 1.165) is 68.9 Å². The van der Waals surface area contributed by atoms with Crippen LogP contribution in [0.15, 0.2) is 141 Å². The van der Waals surface area contributed by atoms with Gasteiger partial charge in [0, 0.05) is 29.5 Å². The summed E-state index contributed by atoms with van der Waals surface area (Å²) in [6.45, 7) is 38.4. The number of hydrogen-bond donors (Lipinski definition) is 0. The number of rotatable bonds is 2. The standard InChI is InChI=1S/C11H11FS.C10H9FS.4C9H7ClS.6C2H6/c1-7(2)9-5-8-3-4-13-11(8)10(12)6-9;1-2-7-5-8-3-4-12-10(8)9(11)6-7;1-6-4-7(10)5-9-8(6)2-3-11-9;1-6-4-7-2-3-11-9(7)5-8(6)10;1-6-4-7-2-3-11-9(7)8(10)5-6;1-6-2-3-8-7(9(6)10)4-5-11-8;6*1-2/h3-7H,1-2H3;3-6H,2H2,1H3;4*2-5H,1H3;6*1-2H3. The van der Waals surface area contributed by atoms with Gasteiger partial charge in [0.05, 0.1) is 24.1 Å². The van der Waals surface area contributed by atoms with Gasteiger partial charge in [-0.05, 0) is 224 Å². The van der Waals surface area contributed by atoms with Crippen LogP contribution in [0.25, 0.3) is 60.5 Å². The molecule has 0 radical (unpaired) electrons. The summed E-state index contributed by atoms with van der Waals surface area (Å²) in [6, 6.07) is 36.2. The third-order valence-corrected chi connectivity index (χ3v) is 18.1. The summed E-state index contributed by atoms with van der Waals surface area (Å²) in [6.07, 6.45) is 0.892. The minimum Gasteiger partial charge on any atom is -0.205 e. The van der Waals surface area contributed by atoms with E-state index in [1.807, 2.05) is 151 Å². The van der Waals surface area contributed by atoms with Crippen molar-refractivity contribution in [2.24, 2.45) is 0 Å². The summed E-state index contributed by atoms with van der Waals surface area (Å²) in [5.74, 6) is 0.217. The van der Waals surface area contributed by atoms with Crippen molar-refractivity contribution in [3.63, 3.8) is 0 Å². The first kappa shape index (κ1) is 75.1. The fraction of sp³-hybridized carbons (Fsp3) is 0.304. The summed E-state index contributed by atoms with van der Waals surface area (Å²) in [7, 11) is 0. The van der Waals surface area contributed by atoms with Gasteiger partial charge in [-0.3, -0.25) is 0 Å². The molecule has 0 spiro atoms. The molecule has 438 valence electrons. The molecule has 0 saturated carbocycles. The molecule has 0 nitrogen and oxygen atoms in total. The molecule has 0 bridgehead atoms. The van der Waals surface area contributed by atoms with Crippen LogP contribution >= 0.6 is 114 Å². The van der Waals surface area contributed by atoms with Crippen LogP contribution in [0.3, 0.4) is 0 Å². The largest absolute Gasteiger partial charge is 0.205 e. The normalized spacial score (nSPS) is 9.70. The van der Waals surface area contributed by atoms with E-state index in [9.17, 15) is 8.78 Å². The number of aryl methyl sites for hydroxylation is 5. The van der Waals surface area contributed by atoms with E-state index in [2.05, 4.69) is 110 Å². The second-order valence-electron chi connectivity index (χ2n) is 16.5. The Kier molecular flexibility index (Phi) is 38.2. The topological polar surface area (TPSA) is 0 Å². The van der Waals surface area contributed by atoms with E-state index in [0.29, 0.717) is 5.92 Å². The first-order chi connectivity index (χ1) is 39.1. The molecule has 81 heavy (non-hydrogen) atoms. The van der Waals surface area contributed by atoms with Crippen LogP contribution < -0.4 is 0 Å². The molecule has 0 unspecified atom stereocenters. The van der Waals surface area contributed by atoms with Gasteiger partial charge in [-0.2, -0.15) is 0 Å². The molecule has 6 heterocycles. The van der Waals surface area contributed by atoms with E-state index in [-0.39, 0.29) is 11.6 Å². The maximum atomic E-state index is 13.5. The zero-order valence-electron chi connectivity index (χ0n) is 50.9. The highest BCUT2D eigenvalue weighted by molar-refractivity contribution is 7.19. The molecule has 0 atom stereocenters. The molecule has 0 N–H and O–H groups in total. The molecule has 0 aliphatic heterocycles. The molecule has 0 saturated heterocycles. The Bertz CT molecular complexity index is 3510. The second kappa shape index (κ2) is 41.2. The maximum absolute atomic E-state index is 13.5. The number of thiophene rings is 6. The highest BCUT2D eigenvalue weighted by Gasteiger charge is 2.08. The summed E-state index contributed by atoms with van der Waals surface area (Å²) < 4.78 is 33.3. The highest BCUT2D eigenvalue weighted by Crippen LogP contribution is 2.33. The Morgan fingerprint density at radius 3 is 1.46 bits per heavy atom.